The van der Waals surface area contributed by atoms with Crippen LogP contribution in [0.1, 0.15) is 27.9 Å². The van der Waals surface area contributed by atoms with E-state index in [1.54, 1.807) is 12.1 Å². The van der Waals surface area contributed by atoms with E-state index in [1.165, 1.54) is 6.20 Å². The smallest absolute Gasteiger partial charge is 0.257 e. The minimum absolute atomic E-state index is 0.0526. The van der Waals surface area contributed by atoms with E-state index in [9.17, 15) is 4.79 Å². The number of hydrogen-bond acceptors (Lipinski definition) is 4. The summed E-state index contributed by atoms with van der Waals surface area (Å²) >= 11 is 0. The van der Waals surface area contributed by atoms with Gasteiger partial charge in [0.2, 0.25) is 5.88 Å². The number of para-hydroxylation sites is 1. The van der Waals surface area contributed by atoms with E-state index < -0.39 is 0 Å². The SMILES string of the molecule is Cc1cccc(C)c1NC(=O)c1ccc(OC2CCOC2)nc1. The Bertz CT molecular complexity index is 672. The normalized spacial score (nSPS) is 17.0. The molecule has 1 aromatic carbocycles. The number of aromatic nitrogens is 1. The van der Waals surface area contributed by atoms with Gasteiger partial charge in [-0.3, -0.25) is 4.79 Å². The molecule has 120 valence electrons. The molecule has 1 N–H and O–H groups in total. The van der Waals surface area contributed by atoms with Crippen LogP contribution < -0.4 is 10.1 Å². The summed E-state index contributed by atoms with van der Waals surface area (Å²) in [6.45, 7) is 5.26. The second kappa shape index (κ2) is 6.79. The zero-order valence-corrected chi connectivity index (χ0v) is 13.3. The van der Waals surface area contributed by atoms with Crippen molar-refractivity contribution in [1.29, 1.82) is 0 Å². The van der Waals surface area contributed by atoms with Crippen molar-refractivity contribution in [1.82, 2.24) is 4.98 Å². The maximum atomic E-state index is 12.4. The number of benzene rings is 1. The summed E-state index contributed by atoms with van der Waals surface area (Å²) in [4.78, 5) is 16.6. The molecule has 1 saturated heterocycles. The number of pyridine rings is 1. The minimum atomic E-state index is -0.175. The Morgan fingerprint density at radius 1 is 1.26 bits per heavy atom. The van der Waals surface area contributed by atoms with Crippen molar-refractivity contribution in [3.05, 3.63) is 53.2 Å². The Morgan fingerprint density at radius 3 is 2.65 bits per heavy atom. The first kappa shape index (κ1) is 15.5. The average molecular weight is 312 g/mol. The van der Waals surface area contributed by atoms with Gasteiger partial charge in [-0.05, 0) is 31.0 Å². The number of hydrogen-bond donors (Lipinski definition) is 1. The van der Waals surface area contributed by atoms with E-state index in [1.807, 2.05) is 32.0 Å². The molecule has 1 unspecified atom stereocenters. The van der Waals surface area contributed by atoms with Crippen molar-refractivity contribution in [2.45, 2.75) is 26.4 Å². The molecule has 2 heterocycles. The van der Waals surface area contributed by atoms with Crippen LogP contribution in [0, 0.1) is 13.8 Å². The number of aryl methyl sites for hydroxylation is 2. The van der Waals surface area contributed by atoms with Crippen molar-refractivity contribution >= 4 is 11.6 Å². The molecular weight excluding hydrogens is 292 g/mol. The van der Waals surface area contributed by atoms with Gasteiger partial charge in [0.1, 0.15) is 6.10 Å². The first-order valence-electron chi connectivity index (χ1n) is 7.71. The highest BCUT2D eigenvalue weighted by Crippen LogP contribution is 2.21. The Balaban J connectivity index is 1.67. The molecule has 1 fully saturated rings. The predicted molar refractivity (Wildman–Crippen MR) is 88.0 cm³/mol. The molecule has 0 spiro atoms. The summed E-state index contributed by atoms with van der Waals surface area (Å²) in [6, 6.07) is 9.36. The van der Waals surface area contributed by atoms with Gasteiger partial charge in [0.25, 0.3) is 5.91 Å². The molecule has 23 heavy (non-hydrogen) atoms. The fourth-order valence-corrected chi connectivity index (χ4v) is 2.56. The Labute approximate surface area is 135 Å². The van der Waals surface area contributed by atoms with Crippen molar-refractivity contribution in [2.75, 3.05) is 18.5 Å². The van der Waals surface area contributed by atoms with E-state index >= 15 is 0 Å². The first-order chi connectivity index (χ1) is 11.1. The monoisotopic (exact) mass is 312 g/mol. The topological polar surface area (TPSA) is 60.5 Å². The summed E-state index contributed by atoms with van der Waals surface area (Å²) in [6.07, 6.45) is 2.46. The molecule has 0 bridgehead atoms. The van der Waals surface area contributed by atoms with Crippen molar-refractivity contribution in [3.63, 3.8) is 0 Å². The lowest BCUT2D eigenvalue weighted by Gasteiger charge is -2.12. The standard InChI is InChI=1S/C18H20N2O3/c1-12-4-3-5-13(2)17(12)20-18(21)14-6-7-16(19-10-14)23-15-8-9-22-11-15/h3-7,10,15H,8-9,11H2,1-2H3,(H,20,21). The number of carbonyl (C=O) groups excluding carboxylic acids is 1. The average Bonchev–Trinajstić information content (AvgIpc) is 3.04. The maximum Gasteiger partial charge on any atom is 0.257 e. The fourth-order valence-electron chi connectivity index (χ4n) is 2.56. The highest BCUT2D eigenvalue weighted by molar-refractivity contribution is 6.04. The first-order valence-corrected chi connectivity index (χ1v) is 7.71. The Kier molecular flexibility index (Phi) is 4.57. The van der Waals surface area contributed by atoms with Crippen molar-refractivity contribution < 1.29 is 14.3 Å². The second-order valence-electron chi connectivity index (χ2n) is 5.71. The number of ether oxygens (including phenoxy) is 2. The van der Waals surface area contributed by atoms with Crippen molar-refractivity contribution in [3.8, 4) is 5.88 Å². The molecule has 1 amide bonds. The van der Waals surface area contributed by atoms with E-state index in [2.05, 4.69) is 10.3 Å². The number of carbonyl (C=O) groups is 1. The summed E-state index contributed by atoms with van der Waals surface area (Å²) in [5, 5.41) is 2.95. The number of nitrogens with zero attached hydrogens (tertiary/aromatic N) is 1. The van der Waals surface area contributed by atoms with Crippen LogP contribution >= 0.6 is 0 Å². The third-order valence-corrected chi connectivity index (χ3v) is 3.89. The molecule has 2 aromatic rings. The Morgan fingerprint density at radius 2 is 2.04 bits per heavy atom. The van der Waals surface area contributed by atoms with Gasteiger partial charge < -0.3 is 14.8 Å². The van der Waals surface area contributed by atoms with Crippen LogP contribution in [-0.4, -0.2) is 30.2 Å². The number of anilines is 1. The molecule has 0 aliphatic carbocycles. The molecular formula is C18H20N2O3. The molecule has 5 heteroatoms. The molecule has 3 rings (SSSR count). The number of amides is 1. The summed E-state index contributed by atoms with van der Waals surface area (Å²) in [5.74, 6) is 0.342. The lowest BCUT2D eigenvalue weighted by Crippen LogP contribution is -2.17. The van der Waals surface area contributed by atoms with Crippen LogP contribution in [0.25, 0.3) is 0 Å². The highest BCUT2D eigenvalue weighted by atomic mass is 16.5. The van der Waals surface area contributed by atoms with Crippen LogP contribution in [0.5, 0.6) is 5.88 Å². The quantitative estimate of drug-likeness (QED) is 0.942. The van der Waals surface area contributed by atoms with Gasteiger partial charge in [0, 0.05) is 24.4 Å². The van der Waals surface area contributed by atoms with Crippen LogP contribution in [0.2, 0.25) is 0 Å². The molecule has 5 nitrogen and oxygen atoms in total. The van der Waals surface area contributed by atoms with Crippen molar-refractivity contribution in [2.24, 2.45) is 0 Å². The zero-order chi connectivity index (χ0) is 16.2. The lowest BCUT2D eigenvalue weighted by atomic mass is 10.1. The third kappa shape index (κ3) is 3.68. The van der Waals surface area contributed by atoms with Gasteiger partial charge in [0.05, 0.1) is 18.8 Å². The van der Waals surface area contributed by atoms with E-state index in [-0.39, 0.29) is 12.0 Å². The molecule has 0 saturated carbocycles. The predicted octanol–water partition coefficient (Wildman–Crippen LogP) is 3.12. The zero-order valence-electron chi connectivity index (χ0n) is 13.3. The summed E-state index contributed by atoms with van der Waals surface area (Å²) in [7, 11) is 0. The minimum Gasteiger partial charge on any atom is -0.472 e. The van der Waals surface area contributed by atoms with E-state index in [0.717, 1.165) is 29.8 Å². The summed E-state index contributed by atoms with van der Waals surface area (Å²) < 4.78 is 11.0. The number of nitrogens with one attached hydrogen (secondary N) is 1. The van der Waals surface area contributed by atoms with Crippen LogP contribution in [0.3, 0.4) is 0 Å². The molecule has 1 atom stereocenters. The second-order valence-corrected chi connectivity index (χ2v) is 5.71. The van der Waals surface area contributed by atoms with Gasteiger partial charge in [-0.25, -0.2) is 4.98 Å². The van der Waals surface area contributed by atoms with Gasteiger partial charge in [-0.2, -0.15) is 0 Å². The molecule has 1 aromatic heterocycles. The van der Waals surface area contributed by atoms with E-state index in [0.29, 0.717) is 18.1 Å². The highest BCUT2D eigenvalue weighted by Gasteiger charge is 2.18. The van der Waals surface area contributed by atoms with Gasteiger partial charge in [-0.15, -0.1) is 0 Å². The lowest BCUT2D eigenvalue weighted by molar-refractivity contribution is 0.102. The van der Waals surface area contributed by atoms with E-state index in [4.69, 9.17) is 9.47 Å². The molecule has 1 aliphatic rings. The third-order valence-electron chi connectivity index (χ3n) is 3.89. The van der Waals surface area contributed by atoms with Crippen LogP contribution in [0.15, 0.2) is 36.5 Å². The largest absolute Gasteiger partial charge is 0.472 e. The van der Waals surface area contributed by atoms with Crippen LogP contribution in [0.4, 0.5) is 5.69 Å². The number of rotatable bonds is 4. The van der Waals surface area contributed by atoms with Gasteiger partial charge >= 0.3 is 0 Å². The molecule has 1 aliphatic heterocycles. The molecule has 0 radical (unpaired) electrons. The summed E-state index contributed by atoms with van der Waals surface area (Å²) in [5.41, 5.74) is 3.42. The fraction of sp³-hybridized carbons (Fsp3) is 0.333. The maximum absolute atomic E-state index is 12.4. The van der Waals surface area contributed by atoms with Crippen LogP contribution in [-0.2, 0) is 4.74 Å². The van der Waals surface area contributed by atoms with Gasteiger partial charge in [0.15, 0.2) is 0 Å². The Hall–Kier alpha value is -2.40. The van der Waals surface area contributed by atoms with Gasteiger partial charge in [-0.1, -0.05) is 18.2 Å².